The van der Waals surface area contributed by atoms with Gasteiger partial charge in [-0.05, 0) is 30.9 Å². The standard InChI is InChI=1S/C15H21N/c1-13-7-9-15(10-8-13)11-16(12-15)14-5-3-2-4-6-14/h2-6,13H,7-12H2,1H3. The van der Waals surface area contributed by atoms with E-state index in [1.807, 2.05) is 0 Å². The monoisotopic (exact) mass is 215 g/mol. The van der Waals surface area contributed by atoms with E-state index >= 15 is 0 Å². The van der Waals surface area contributed by atoms with Crippen molar-refractivity contribution < 1.29 is 0 Å². The van der Waals surface area contributed by atoms with Crippen LogP contribution in [-0.2, 0) is 0 Å². The smallest absolute Gasteiger partial charge is 0.0366 e. The Labute approximate surface area is 98.5 Å². The zero-order chi connectivity index (χ0) is 11.0. The lowest BCUT2D eigenvalue weighted by molar-refractivity contribution is 0.114. The molecule has 1 aromatic carbocycles. The molecular weight excluding hydrogens is 194 g/mol. The highest BCUT2D eigenvalue weighted by molar-refractivity contribution is 5.49. The highest BCUT2D eigenvalue weighted by Crippen LogP contribution is 2.46. The van der Waals surface area contributed by atoms with Crippen molar-refractivity contribution >= 4 is 5.69 Å². The molecule has 0 atom stereocenters. The molecule has 0 bridgehead atoms. The van der Waals surface area contributed by atoms with Crippen molar-refractivity contribution in [1.82, 2.24) is 0 Å². The van der Waals surface area contributed by atoms with E-state index in [-0.39, 0.29) is 0 Å². The van der Waals surface area contributed by atoms with Gasteiger partial charge in [-0.2, -0.15) is 0 Å². The van der Waals surface area contributed by atoms with Crippen LogP contribution in [0, 0.1) is 11.3 Å². The molecule has 0 aromatic heterocycles. The number of para-hydroxylation sites is 1. The molecule has 2 aliphatic rings. The Morgan fingerprint density at radius 1 is 1.06 bits per heavy atom. The van der Waals surface area contributed by atoms with Gasteiger partial charge in [0.05, 0.1) is 0 Å². The van der Waals surface area contributed by atoms with Crippen LogP contribution in [0.4, 0.5) is 5.69 Å². The first-order valence-electron chi connectivity index (χ1n) is 6.57. The fraction of sp³-hybridized carbons (Fsp3) is 0.600. The zero-order valence-electron chi connectivity index (χ0n) is 10.2. The van der Waals surface area contributed by atoms with Gasteiger partial charge in [-0.25, -0.2) is 0 Å². The molecule has 1 heterocycles. The molecule has 1 aliphatic heterocycles. The molecular formula is C15H21N. The molecule has 0 N–H and O–H groups in total. The van der Waals surface area contributed by atoms with E-state index in [1.54, 1.807) is 0 Å². The molecule has 1 saturated carbocycles. The fourth-order valence-corrected chi connectivity index (χ4v) is 3.28. The Bertz CT molecular complexity index is 341. The summed E-state index contributed by atoms with van der Waals surface area (Å²) in [6.07, 6.45) is 5.81. The third-order valence-corrected chi connectivity index (χ3v) is 4.51. The van der Waals surface area contributed by atoms with Crippen LogP contribution in [0.5, 0.6) is 0 Å². The second-order valence-electron chi connectivity index (χ2n) is 5.87. The maximum Gasteiger partial charge on any atom is 0.0366 e. The minimum Gasteiger partial charge on any atom is -0.370 e. The van der Waals surface area contributed by atoms with E-state index < -0.39 is 0 Å². The molecule has 1 spiro atoms. The minimum absolute atomic E-state index is 0.683. The Kier molecular flexibility index (Phi) is 2.42. The van der Waals surface area contributed by atoms with E-state index in [9.17, 15) is 0 Å². The molecule has 16 heavy (non-hydrogen) atoms. The Morgan fingerprint density at radius 3 is 2.31 bits per heavy atom. The first-order valence-corrected chi connectivity index (χ1v) is 6.57. The topological polar surface area (TPSA) is 3.24 Å². The zero-order valence-corrected chi connectivity index (χ0v) is 10.2. The highest BCUT2D eigenvalue weighted by atomic mass is 15.2. The maximum atomic E-state index is 2.54. The van der Waals surface area contributed by atoms with Crippen LogP contribution in [-0.4, -0.2) is 13.1 Å². The van der Waals surface area contributed by atoms with E-state index in [0.717, 1.165) is 5.92 Å². The van der Waals surface area contributed by atoms with Crippen LogP contribution in [0.2, 0.25) is 0 Å². The van der Waals surface area contributed by atoms with Crippen LogP contribution in [0.3, 0.4) is 0 Å². The summed E-state index contributed by atoms with van der Waals surface area (Å²) in [4.78, 5) is 2.54. The van der Waals surface area contributed by atoms with Crippen molar-refractivity contribution in [2.45, 2.75) is 32.6 Å². The highest BCUT2D eigenvalue weighted by Gasteiger charge is 2.44. The third-order valence-electron chi connectivity index (χ3n) is 4.51. The molecule has 1 heteroatoms. The van der Waals surface area contributed by atoms with Gasteiger partial charge in [0.2, 0.25) is 0 Å². The number of nitrogens with zero attached hydrogens (tertiary/aromatic N) is 1. The summed E-state index contributed by atoms with van der Waals surface area (Å²) >= 11 is 0. The van der Waals surface area contributed by atoms with Crippen LogP contribution < -0.4 is 4.90 Å². The average molecular weight is 215 g/mol. The van der Waals surface area contributed by atoms with Crippen molar-refractivity contribution in [3.05, 3.63) is 30.3 Å². The predicted molar refractivity (Wildman–Crippen MR) is 68.7 cm³/mol. The number of hydrogen-bond donors (Lipinski definition) is 0. The largest absolute Gasteiger partial charge is 0.370 e. The van der Waals surface area contributed by atoms with Gasteiger partial charge in [0, 0.05) is 24.2 Å². The van der Waals surface area contributed by atoms with E-state index in [1.165, 1.54) is 44.5 Å². The molecule has 3 rings (SSSR count). The molecule has 0 amide bonds. The van der Waals surface area contributed by atoms with Crippen LogP contribution in [0.25, 0.3) is 0 Å². The molecule has 1 saturated heterocycles. The van der Waals surface area contributed by atoms with Crippen molar-refractivity contribution in [3.63, 3.8) is 0 Å². The van der Waals surface area contributed by atoms with Crippen LogP contribution >= 0.6 is 0 Å². The van der Waals surface area contributed by atoms with Crippen molar-refractivity contribution in [3.8, 4) is 0 Å². The summed E-state index contributed by atoms with van der Waals surface area (Å²) < 4.78 is 0. The summed E-state index contributed by atoms with van der Waals surface area (Å²) in [5, 5.41) is 0. The van der Waals surface area contributed by atoms with Gasteiger partial charge < -0.3 is 4.90 Å². The van der Waals surface area contributed by atoms with Gasteiger partial charge in [-0.15, -0.1) is 0 Å². The summed E-state index contributed by atoms with van der Waals surface area (Å²) in [6.45, 7) is 4.99. The normalized spacial score (nSPS) is 24.4. The quantitative estimate of drug-likeness (QED) is 0.690. The van der Waals surface area contributed by atoms with Crippen molar-refractivity contribution in [1.29, 1.82) is 0 Å². The second-order valence-corrected chi connectivity index (χ2v) is 5.87. The molecule has 1 nitrogen and oxygen atoms in total. The molecule has 86 valence electrons. The summed E-state index contributed by atoms with van der Waals surface area (Å²) in [7, 11) is 0. The number of benzene rings is 1. The molecule has 0 unspecified atom stereocenters. The van der Waals surface area contributed by atoms with Gasteiger partial charge >= 0.3 is 0 Å². The SMILES string of the molecule is CC1CCC2(CC1)CN(c1ccccc1)C2. The van der Waals surface area contributed by atoms with Crippen LogP contribution in [0.15, 0.2) is 30.3 Å². The lowest BCUT2D eigenvalue weighted by atomic mass is 9.66. The van der Waals surface area contributed by atoms with Gasteiger partial charge in [0.15, 0.2) is 0 Å². The first-order chi connectivity index (χ1) is 7.77. The molecule has 1 aromatic rings. The van der Waals surface area contributed by atoms with Gasteiger partial charge in [-0.3, -0.25) is 0 Å². The van der Waals surface area contributed by atoms with E-state index in [0.29, 0.717) is 5.41 Å². The minimum atomic E-state index is 0.683. The Hall–Kier alpha value is -0.980. The lowest BCUT2D eigenvalue weighted by Gasteiger charge is -2.54. The molecule has 0 radical (unpaired) electrons. The third kappa shape index (κ3) is 1.73. The molecule has 1 aliphatic carbocycles. The number of anilines is 1. The lowest BCUT2D eigenvalue weighted by Crippen LogP contribution is -2.57. The number of rotatable bonds is 1. The predicted octanol–water partition coefficient (Wildman–Crippen LogP) is 3.70. The van der Waals surface area contributed by atoms with Crippen molar-refractivity contribution in [2.75, 3.05) is 18.0 Å². The summed E-state index contributed by atoms with van der Waals surface area (Å²) in [6, 6.07) is 10.9. The first kappa shape index (κ1) is 10.2. The van der Waals surface area contributed by atoms with Gasteiger partial charge in [0.1, 0.15) is 0 Å². The Balaban J connectivity index is 1.62. The Morgan fingerprint density at radius 2 is 1.69 bits per heavy atom. The van der Waals surface area contributed by atoms with Crippen molar-refractivity contribution in [2.24, 2.45) is 11.3 Å². The maximum absolute atomic E-state index is 2.54. The van der Waals surface area contributed by atoms with E-state index in [4.69, 9.17) is 0 Å². The van der Waals surface area contributed by atoms with Gasteiger partial charge in [0.25, 0.3) is 0 Å². The summed E-state index contributed by atoms with van der Waals surface area (Å²) in [5.41, 5.74) is 2.09. The van der Waals surface area contributed by atoms with Crippen LogP contribution in [0.1, 0.15) is 32.6 Å². The average Bonchev–Trinajstić information content (AvgIpc) is 2.29. The fourth-order valence-electron chi connectivity index (χ4n) is 3.28. The second kappa shape index (κ2) is 3.80. The number of hydrogen-bond acceptors (Lipinski definition) is 1. The van der Waals surface area contributed by atoms with E-state index in [2.05, 4.69) is 42.2 Å². The summed E-state index contributed by atoms with van der Waals surface area (Å²) in [5.74, 6) is 0.969. The molecule has 2 fully saturated rings. The van der Waals surface area contributed by atoms with Gasteiger partial charge in [-0.1, -0.05) is 38.0 Å².